The van der Waals surface area contributed by atoms with Gasteiger partial charge in [0.15, 0.2) is 0 Å². The van der Waals surface area contributed by atoms with Gasteiger partial charge in [0.25, 0.3) is 0 Å². The summed E-state index contributed by atoms with van der Waals surface area (Å²) in [7, 11) is 1.89. The quantitative estimate of drug-likeness (QED) is 0.919. The Labute approximate surface area is 109 Å². The van der Waals surface area contributed by atoms with Gasteiger partial charge in [-0.25, -0.2) is 0 Å². The highest BCUT2D eigenvalue weighted by atomic mass is 79.9. The van der Waals surface area contributed by atoms with Crippen LogP contribution in [0.1, 0.15) is 11.5 Å². The second-order valence-corrected chi connectivity index (χ2v) is 4.56. The first-order valence-corrected chi connectivity index (χ1v) is 6.18. The molecule has 3 nitrogen and oxygen atoms in total. The predicted molar refractivity (Wildman–Crippen MR) is 69.9 cm³/mol. The molecule has 4 heteroatoms. The van der Waals surface area contributed by atoms with E-state index >= 15 is 0 Å². The van der Waals surface area contributed by atoms with Gasteiger partial charge in [-0.3, -0.25) is 0 Å². The van der Waals surface area contributed by atoms with Crippen molar-refractivity contribution < 1.29 is 9.15 Å². The Bertz CT molecular complexity index is 482. The third kappa shape index (κ3) is 3.61. The third-order valence-electron chi connectivity index (χ3n) is 2.25. The normalized spacial score (nSPS) is 10.5. The molecule has 2 aromatic rings. The summed E-state index contributed by atoms with van der Waals surface area (Å²) < 4.78 is 12.2. The molecule has 1 aromatic heterocycles. The second kappa shape index (κ2) is 5.89. The number of ether oxygens (including phenoxy) is 1. The van der Waals surface area contributed by atoms with Crippen molar-refractivity contribution in [1.82, 2.24) is 5.32 Å². The minimum Gasteiger partial charge on any atom is -0.486 e. The Morgan fingerprint density at radius 3 is 2.82 bits per heavy atom. The van der Waals surface area contributed by atoms with Crippen LogP contribution in [0.15, 0.2) is 45.3 Å². The summed E-state index contributed by atoms with van der Waals surface area (Å²) in [6.45, 7) is 1.18. The molecular formula is C13H14BrNO2. The second-order valence-electron chi connectivity index (χ2n) is 3.64. The van der Waals surface area contributed by atoms with E-state index < -0.39 is 0 Å². The van der Waals surface area contributed by atoms with E-state index in [0.717, 1.165) is 28.3 Å². The lowest BCUT2D eigenvalue weighted by atomic mass is 10.3. The summed E-state index contributed by atoms with van der Waals surface area (Å²) in [5.74, 6) is 2.57. The van der Waals surface area contributed by atoms with Crippen molar-refractivity contribution >= 4 is 15.9 Å². The fraction of sp³-hybridized carbons (Fsp3) is 0.231. The van der Waals surface area contributed by atoms with Crippen LogP contribution in [0.4, 0.5) is 0 Å². The molecule has 0 amide bonds. The van der Waals surface area contributed by atoms with Crippen LogP contribution in [0.3, 0.4) is 0 Å². The molecule has 0 fully saturated rings. The van der Waals surface area contributed by atoms with Crippen molar-refractivity contribution in [2.24, 2.45) is 0 Å². The molecule has 0 aliphatic rings. The van der Waals surface area contributed by atoms with E-state index in [9.17, 15) is 0 Å². The van der Waals surface area contributed by atoms with Gasteiger partial charge in [0.05, 0.1) is 6.54 Å². The van der Waals surface area contributed by atoms with Gasteiger partial charge in [0.1, 0.15) is 23.9 Å². The zero-order valence-electron chi connectivity index (χ0n) is 9.57. The molecule has 0 aliphatic carbocycles. The zero-order chi connectivity index (χ0) is 12.1. The van der Waals surface area contributed by atoms with Gasteiger partial charge in [0.2, 0.25) is 0 Å². The summed E-state index contributed by atoms with van der Waals surface area (Å²) >= 11 is 3.40. The minimum atomic E-state index is 0.445. The smallest absolute Gasteiger partial charge is 0.146 e. The maximum Gasteiger partial charge on any atom is 0.146 e. The maximum atomic E-state index is 5.62. The predicted octanol–water partition coefficient (Wildman–Crippen LogP) is 3.34. The first kappa shape index (κ1) is 12.2. The van der Waals surface area contributed by atoms with Crippen LogP contribution in [-0.2, 0) is 13.2 Å². The van der Waals surface area contributed by atoms with Gasteiger partial charge in [-0.2, -0.15) is 0 Å². The van der Waals surface area contributed by atoms with Crippen molar-refractivity contribution in [1.29, 1.82) is 0 Å². The van der Waals surface area contributed by atoms with E-state index in [2.05, 4.69) is 21.2 Å². The lowest BCUT2D eigenvalue weighted by Crippen LogP contribution is -2.03. The van der Waals surface area contributed by atoms with Crippen molar-refractivity contribution in [2.45, 2.75) is 13.2 Å². The van der Waals surface area contributed by atoms with Crippen LogP contribution in [0.25, 0.3) is 0 Å². The molecule has 0 spiro atoms. The van der Waals surface area contributed by atoms with Gasteiger partial charge in [-0.05, 0) is 37.4 Å². The summed E-state index contributed by atoms with van der Waals surface area (Å²) in [6.07, 6.45) is 0. The molecule has 0 atom stereocenters. The SMILES string of the molecule is CNCc1ccc(COc2cccc(Br)c2)o1. The third-order valence-corrected chi connectivity index (χ3v) is 2.74. The average molecular weight is 296 g/mol. The first-order chi connectivity index (χ1) is 8.28. The number of hydrogen-bond donors (Lipinski definition) is 1. The van der Waals surface area contributed by atoms with Crippen molar-refractivity contribution in [2.75, 3.05) is 7.05 Å². The minimum absolute atomic E-state index is 0.445. The number of halogens is 1. The van der Waals surface area contributed by atoms with Crippen LogP contribution in [0.5, 0.6) is 5.75 Å². The molecule has 2 rings (SSSR count). The van der Waals surface area contributed by atoms with Crippen LogP contribution >= 0.6 is 15.9 Å². The van der Waals surface area contributed by atoms with E-state index in [1.54, 1.807) is 0 Å². The molecule has 0 saturated carbocycles. The molecule has 1 aromatic carbocycles. The Hall–Kier alpha value is -1.26. The van der Waals surface area contributed by atoms with Gasteiger partial charge >= 0.3 is 0 Å². The average Bonchev–Trinajstić information content (AvgIpc) is 2.75. The Balaban J connectivity index is 1.93. The van der Waals surface area contributed by atoms with E-state index in [4.69, 9.17) is 9.15 Å². The highest BCUT2D eigenvalue weighted by Crippen LogP contribution is 2.19. The van der Waals surface area contributed by atoms with E-state index in [1.165, 1.54) is 0 Å². The molecule has 90 valence electrons. The topological polar surface area (TPSA) is 34.4 Å². The van der Waals surface area contributed by atoms with Crippen LogP contribution in [-0.4, -0.2) is 7.05 Å². The summed E-state index contributed by atoms with van der Waals surface area (Å²) in [6, 6.07) is 11.6. The number of benzene rings is 1. The Morgan fingerprint density at radius 1 is 1.24 bits per heavy atom. The highest BCUT2D eigenvalue weighted by molar-refractivity contribution is 9.10. The number of hydrogen-bond acceptors (Lipinski definition) is 3. The number of rotatable bonds is 5. The lowest BCUT2D eigenvalue weighted by molar-refractivity contribution is 0.265. The Kier molecular flexibility index (Phi) is 4.23. The fourth-order valence-electron chi connectivity index (χ4n) is 1.48. The maximum absolute atomic E-state index is 5.62. The summed E-state index contributed by atoms with van der Waals surface area (Å²) in [5.41, 5.74) is 0. The van der Waals surface area contributed by atoms with E-state index in [1.807, 2.05) is 43.4 Å². The molecule has 17 heavy (non-hydrogen) atoms. The van der Waals surface area contributed by atoms with E-state index in [0.29, 0.717) is 6.61 Å². The molecule has 0 unspecified atom stereocenters. The van der Waals surface area contributed by atoms with Gasteiger partial charge in [-0.15, -0.1) is 0 Å². The van der Waals surface area contributed by atoms with Crippen molar-refractivity contribution in [3.8, 4) is 5.75 Å². The molecular weight excluding hydrogens is 282 g/mol. The van der Waals surface area contributed by atoms with Gasteiger partial charge in [0, 0.05) is 4.47 Å². The van der Waals surface area contributed by atoms with Crippen LogP contribution < -0.4 is 10.1 Å². The zero-order valence-corrected chi connectivity index (χ0v) is 11.2. The van der Waals surface area contributed by atoms with Gasteiger partial charge in [-0.1, -0.05) is 22.0 Å². The Morgan fingerprint density at radius 2 is 2.06 bits per heavy atom. The van der Waals surface area contributed by atoms with Crippen LogP contribution in [0, 0.1) is 0 Å². The number of furan rings is 1. The molecule has 1 heterocycles. The molecule has 0 bridgehead atoms. The first-order valence-electron chi connectivity index (χ1n) is 5.38. The molecule has 1 N–H and O–H groups in total. The van der Waals surface area contributed by atoms with Crippen LogP contribution in [0.2, 0.25) is 0 Å². The highest BCUT2D eigenvalue weighted by Gasteiger charge is 2.02. The van der Waals surface area contributed by atoms with E-state index in [-0.39, 0.29) is 0 Å². The molecule has 0 saturated heterocycles. The summed E-state index contributed by atoms with van der Waals surface area (Å²) in [5, 5.41) is 3.04. The monoisotopic (exact) mass is 295 g/mol. The van der Waals surface area contributed by atoms with Crippen molar-refractivity contribution in [3.05, 3.63) is 52.4 Å². The lowest BCUT2D eigenvalue weighted by Gasteiger charge is -2.04. The standard InChI is InChI=1S/C13H14BrNO2/c1-15-8-12-5-6-13(17-12)9-16-11-4-2-3-10(14)7-11/h2-7,15H,8-9H2,1H3. The van der Waals surface area contributed by atoms with Gasteiger partial charge < -0.3 is 14.5 Å². The molecule has 0 aliphatic heterocycles. The number of nitrogens with one attached hydrogen (secondary N) is 1. The fourth-order valence-corrected chi connectivity index (χ4v) is 1.86. The van der Waals surface area contributed by atoms with Crippen molar-refractivity contribution in [3.63, 3.8) is 0 Å². The largest absolute Gasteiger partial charge is 0.486 e. The molecule has 0 radical (unpaired) electrons. The summed E-state index contributed by atoms with van der Waals surface area (Å²) in [4.78, 5) is 0.